The Labute approximate surface area is 182 Å². The highest BCUT2D eigenvalue weighted by Crippen LogP contribution is 2.26. The Morgan fingerprint density at radius 1 is 1.03 bits per heavy atom. The van der Waals surface area contributed by atoms with E-state index in [0.717, 1.165) is 0 Å². The van der Waals surface area contributed by atoms with Crippen molar-refractivity contribution in [2.45, 2.75) is 0 Å². The van der Waals surface area contributed by atoms with Gasteiger partial charge < -0.3 is 29.0 Å². The number of rotatable bonds is 6. The van der Waals surface area contributed by atoms with Gasteiger partial charge >= 0.3 is 0 Å². The molecule has 0 atom stereocenters. The molecule has 2 heterocycles. The number of benzene rings is 1. The minimum atomic E-state index is -0.463. The van der Waals surface area contributed by atoms with Gasteiger partial charge in [-0.25, -0.2) is 0 Å². The Bertz CT molecular complexity index is 936. The van der Waals surface area contributed by atoms with Crippen molar-refractivity contribution in [3.8, 4) is 11.5 Å². The number of hydrogen-bond donors (Lipinski definition) is 1. The highest BCUT2D eigenvalue weighted by Gasteiger charge is 2.27. The quantitative estimate of drug-likeness (QED) is 0.677. The zero-order chi connectivity index (χ0) is 21.7. The molecule has 1 aromatic carbocycles. The van der Waals surface area contributed by atoms with Crippen molar-refractivity contribution in [2.75, 3.05) is 46.9 Å². The summed E-state index contributed by atoms with van der Waals surface area (Å²) >= 11 is 3.13. The van der Waals surface area contributed by atoms with Crippen LogP contribution < -0.4 is 14.8 Å². The number of amides is 3. The average Bonchev–Trinajstić information content (AvgIpc) is 3.22. The van der Waals surface area contributed by atoms with Crippen LogP contribution in [0.4, 0.5) is 0 Å². The number of furan rings is 1. The number of methoxy groups -OCH3 is 2. The van der Waals surface area contributed by atoms with Gasteiger partial charge in [0.05, 0.1) is 26.3 Å². The first-order valence-electron chi connectivity index (χ1n) is 9.25. The number of carbonyl (C=O) groups excluding carboxylic acids is 3. The first-order chi connectivity index (χ1) is 14.4. The van der Waals surface area contributed by atoms with Gasteiger partial charge in [-0.2, -0.15) is 0 Å². The molecule has 1 N–H and O–H groups in total. The van der Waals surface area contributed by atoms with Crippen LogP contribution in [-0.4, -0.2) is 74.5 Å². The van der Waals surface area contributed by atoms with Crippen molar-refractivity contribution >= 4 is 33.7 Å². The summed E-state index contributed by atoms with van der Waals surface area (Å²) in [5.41, 5.74) is 0.440. The van der Waals surface area contributed by atoms with Crippen LogP contribution in [0.3, 0.4) is 0 Å². The van der Waals surface area contributed by atoms with E-state index in [9.17, 15) is 14.4 Å². The lowest BCUT2D eigenvalue weighted by molar-refractivity contribution is -0.131. The van der Waals surface area contributed by atoms with Crippen molar-refractivity contribution in [1.29, 1.82) is 0 Å². The molecule has 1 fully saturated rings. The van der Waals surface area contributed by atoms with Gasteiger partial charge in [0.25, 0.3) is 11.8 Å². The molecule has 1 aliphatic rings. The maximum atomic E-state index is 12.9. The molecule has 2 aromatic rings. The monoisotopic (exact) mass is 479 g/mol. The number of nitrogens with one attached hydrogen (secondary N) is 1. The fraction of sp³-hybridized carbons (Fsp3) is 0.350. The number of hydrogen-bond acceptors (Lipinski definition) is 6. The van der Waals surface area contributed by atoms with Crippen molar-refractivity contribution in [1.82, 2.24) is 15.1 Å². The Hall–Kier alpha value is -3.01. The van der Waals surface area contributed by atoms with E-state index in [0.29, 0.717) is 47.9 Å². The van der Waals surface area contributed by atoms with E-state index >= 15 is 0 Å². The molecule has 0 bridgehead atoms. The van der Waals surface area contributed by atoms with Crippen LogP contribution >= 0.6 is 15.9 Å². The number of ether oxygens (including phenoxy) is 2. The minimum Gasteiger partial charge on any atom is -0.497 e. The van der Waals surface area contributed by atoms with E-state index in [1.165, 1.54) is 13.2 Å². The van der Waals surface area contributed by atoms with E-state index < -0.39 is 5.91 Å². The van der Waals surface area contributed by atoms with E-state index in [2.05, 4.69) is 21.2 Å². The van der Waals surface area contributed by atoms with Gasteiger partial charge in [-0.3, -0.25) is 14.4 Å². The molecule has 1 saturated heterocycles. The van der Waals surface area contributed by atoms with Crippen LogP contribution in [-0.2, 0) is 4.79 Å². The van der Waals surface area contributed by atoms with Gasteiger partial charge in [0.2, 0.25) is 5.91 Å². The van der Waals surface area contributed by atoms with E-state index in [1.54, 1.807) is 41.2 Å². The normalized spacial score (nSPS) is 13.7. The van der Waals surface area contributed by atoms with Crippen LogP contribution in [0, 0.1) is 0 Å². The van der Waals surface area contributed by atoms with Gasteiger partial charge in [-0.05, 0) is 40.2 Å². The van der Waals surface area contributed by atoms with Gasteiger partial charge in [0.15, 0.2) is 10.4 Å². The lowest BCUT2D eigenvalue weighted by Crippen LogP contribution is -2.52. The summed E-state index contributed by atoms with van der Waals surface area (Å²) in [5.74, 6) is 0.308. The molecule has 1 aromatic heterocycles. The third-order valence-electron chi connectivity index (χ3n) is 4.76. The second kappa shape index (κ2) is 9.66. The SMILES string of the molecule is COc1ccc(C(=O)N2CCN(C(=O)CNC(=O)c3ccc(Br)o3)CC2)c(OC)c1. The molecule has 30 heavy (non-hydrogen) atoms. The van der Waals surface area contributed by atoms with Crippen molar-refractivity contribution in [3.05, 3.63) is 46.3 Å². The van der Waals surface area contributed by atoms with Crippen molar-refractivity contribution < 1.29 is 28.3 Å². The molecule has 1 aliphatic heterocycles. The Morgan fingerprint density at radius 3 is 2.33 bits per heavy atom. The smallest absolute Gasteiger partial charge is 0.287 e. The number of halogens is 1. The number of piperazine rings is 1. The Kier molecular flexibility index (Phi) is 6.99. The van der Waals surface area contributed by atoms with Gasteiger partial charge in [0, 0.05) is 32.2 Å². The van der Waals surface area contributed by atoms with Crippen LogP contribution in [0.15, 0.2) is 39.4 Å². The minimum absolute atomic E-state index is 0.124. The van der Waals surface area contributed by atoms with E-state index in [-0.39, 0.29) is 24.1 Å². The summed E-state index contributed by atoms with van der Waals surface area (Å²) < 4.78 is 16.1. The molecule has 9 nitrogen and oxygen atoms in total. The van der Waals surface area contributed by atoms with Crippen LogP contribution in [0.25, 0.3) is 0 Å². The zero-order valence-corrected chi connectivity index (χ0v) is 18.2. The molecule has 0 spiro atoms. The Morgan fingerprint density at radius 2 is 1.73 bits per heavy atom. The average molecular weight is 480 g/mol. The second-order valence-corrected chi connectivity index (χ2v) is 7.31. The summed E-state index contributed by atoms with van der Waals surface area (Å²) in [7, 11) is 3.04. The van der Waals surface area contributed by atoms with E-state index in [4.69, 9.17) is 13.9 Å². The van der Waals surface area contributed by atoms with Gasteiger partial charge in [0.1, 0.15) is 11.5 Å². The van der Waals surface area contributed by atoms with Crippen molar-refractivity contribution in [2.24, 2.45) is 0 Å². The summed E-state index contributed by atoms with van der Waals surface area (Å²) in [5, 5.41) is 2.54. The fourth-order valence-electron chi connectivity index (χ4n) is 3.10. The third kappa shape index (κ3) is 4.93. The predicted molar refractivity (Wildman–Crippen MR) is 111 cm³/mol. The molecule has 0 aliphatic carbocycles. The summed E-state index contributed by atoms with van der Waals surface area (Å²) in [4.78, 5) is 40.5. The first kappa shape index (κ1) is 21.7. The summed E-state index contributed by atoms with van der Waals surface area (Å²) in [6.45, 7) is 1.39. The number of nitrogens with zero attached hydrogens (tertiary/aromatic N) is 2. The summed E-state index contributed by atoms with van der Waals surface area (Å²) in [6, 6.07) is 8.15. The number of carbonyl (C=O) groups is 3. The highest BCUT2D eigenvalue weighted by molar-refractivity contribution is 9.10. The third-order valence-corrected chi connectivity index (χ3v) is 5.18. The molecule has 10 heteroatoms. The molecular formula is C20H22BrN3O6. The lowest BCUT2D eigenvalue weighted by atomic mass is 10.1. The molecule has 160 valence electrons. The molecule has 0 saturated carbocycles. The van der Waals surface area contributed by atoms with Crippen LogP contribution in [0.1, 0.15) is 20.9 Å². The molecular weight excluding hydrogens is 458 g/mol. The fourth-order valence-corrected chi connectivity index (χ4v) is 3.40. The largest absolute Gasteiger partial charge is 0.497 e. The van der Waals surface area contributed by atoms with Crippen molar-refractivity contribution in [3.63, 3.8) is 0 Å². The van der Waals surface area contributed by atoms with Gasteiger partial charge in [-0.15, -0.1) is 0 Å². The first-order valence-corrected chi connectivity index (χ1v) is 10.0. The molecule has 0 radical (unpaired) electrons. The lowest BCUT2D eigenvalue weighted by Gasteiger charge is -2.35. The summed E-state index contributed by atoms with van der Waals surface area (Å²) in [6.07, 6.45) is 0. The second-order valence-electron chi connectivity index (χ2n) is 6.53. The topological polar surface area (TPSA) is 101 Å². The molecule has 3 amide bonds. The maximum Gasteiger partial charge on any atom is 0.287 e. The van der Waals surface area contributed by atoms with Crippen LogP contribution in [0.5, 0.6) is 11.5 Å². The van der Waals surface area contributed by atoms with Gasteiger partial charge in [-0.1, -0.05) is 0 Å². The van der Waals surface area contributed by atoms with Crippen LogP contribution in [0.2, 0.25) is 0 Å². The van der Waals surface area contributed by atoms with E-state index in [1.807, 2.05) is 0 Å². The predicted octanol–water partition coefficient (Wildman–Crippen LogP) is 1.77. The maximum absolute atomic E-state index is 12.9. The molecule has 3 rings (SSSR count). The highest BCUT2D eigenvalue weighted by atomic mass is 79.9. The molecule has 0 unspecified atom stereocenters. The standard InChI is InChI=1S/C20H22BrN3O6/c1-28-13-3-4-14(16(11-13)29-2)20(27)24-9-7-23(8-10-24)18(25)12-22-19(26)15-5-6-17(21)30-15/h3-6,11H,7-10,12H2,1-2H3,(H,22,26). The Balaban J connectivity index is 1.52. The zero-order valence-electron chi connectivity index (χ0n) is 16.6.